The van der Waals surface area contributed by atoms with Crippen LogP contribution in [0.5, 0.6) is 0 Å². The number of nitrogens with zero attached hydrogens (tertiary/aromatic N) is 1. The number of benzene rings is 1. The Morgan fingerprint density at radius 2 is 2.19 bits per heavy atom. The number of hydrogen-bond acceptors (Lipinski definition) is 4. The van der Waals surface area contributed by atoms with Crippen LogP contribution < -0.4 is 11.1 Å². The van der Waals surface area contributed by atoms with Crippen molar-refractivity contribution in [3.05, 3.63) is 36.1 Å². The molecule has 0 aliphatic carbocycles. The highest BCUT2D eigenvalue weighted by Crippen LogP contribution is 2.21. The molecule has 1 aliphatic rings. The third kappa shape index (κ3) is 2.75. The molecule has 0 spiro atoms. The van der Waals surface area contributed by atoms with Gasteiger partial charge in [-0.1, -0.05) is 18.2 Å². The Morgan fingerprint density at radius 3 is 2.86 bits per heavy atom. The van der Waals surface area contributed by atoms with Crippen LogP contribution in [-0.2, 0) is 4.79 Å². The summed E-state index contributed by atoms with van der Waals surface area (Å²) in [5.41, 5.74) is 5.92. The van der Waals surface area contributed by atoms with Gasteiger partial charge in [0.05, 0.1) is 0 Å². The summed E-state index contributed by atoms with van der Waals surface area (Å²) in [4.78, 5) is 25.4. The molecule has 110 valence electrons. The molecule has 2 aromatic rings. The second-order valence-corrected chi connectivity index (χ2v) is 5.19. The zero-order valence-electron chi connectivity index (χ0n) is 11.5. The lowest BCUT2D eigenvalue weighted by Crippen LogP contribution is -2.46. The molecule has 1 saturated heterocycles. The van der Waals surface area contributed by atoms with E-state index in [1.165, 1.54) is 4.90 Å². The quantitative estimate of drug-likeness (QED) is 0.867. The van der Waals surface area contributed by atoms with E-state index in [0.717, 1.165) is 18.4 Å². The first-order valence-corrected chi connectivity index (χ1v) is 6.94. The Morgan fingerprint density at radius 1 is 1.38 bits per heavy atom. The van der Waals surface area contributed by atoms with E-state index in [9.17, 15) is 9.59 Å². The number of rotatable bonds is 4. The van der Waals surface area contributed by atoms with Crippen LogP contribution >= 0.6 is 0 Å². The fourth-order valence-corrected chi connectivity index (χ4v) is 2.67. The molecule has 2 heterocycles. The van der Waals surface area contributed by atoms with E-state index in [2.05, 4.69) is 5.32 Å². The number of nitrogens with two attached hydrogens (primary N) is 1. The summed E-state index contributed by atoms with van der Waals surface area (Å²) in [5, 5.41) is 4.05. The Hall–Kier alpha value is -2.34. The Balaban J connectivity index is 1.90. The highest BCUT2D eigenvalue weighted by molar-refractivity contribution is 5.97. The lowest BCUT2D eigenvalue weighted by atomic mass is 10.2. The first kappa shape index (κ1) is 13.6. The minimum Gasteiger partial charge on any atom is -0.451 e. The summed E-state index contributed by atoms with van der Waals surface area (Å²) in [7, 11) is 0. The zero-order chi connectivity index (χ0) is 14.8. The van der Waals surface area contributed by atoms with Gasteiger partial charge in [0.25, 0.3) is 5.91 Å². The second-order valence-electron chi connectivity index (χ2n) is 5.19. The van der Waals surface area contributed by atoms with Crippen molar-refractivity contribution in [2.75, 3.05) is 19.6 Å². The van der Waals surface area contributed by atoms with Crippen molar-refractivity contribution >= 4 is 22.8 Å². The average Bonchev–Trinajstić information content (AvgIpc) is 3.12. The van der Waals surface area contributed by atoms with E-state index in [1.54, 1.807) is 6.07 Å². The molecule has 1 fully saturated rings. The van der Waals surface area contributed by atoms with Crippen LogP contribution in [0, 0.1) is 0 Å². The minimum atomic E-state index is -0.522. The highest BCUT2D eigenvalue weighted by Gasteiger charge is 2.30. The average molecular weight is 287 g/mol. The fourth-order valence-electron chi connectivity index (χ4n) is 2.67. The molecule has 0 bridgehead atoms. The van der Waals surface area contributed by atoms with Gasteiger partial charge in [0.1, 0.15) is 12.1 Å². The molecular formula is C15H17N3O3. The smallest absolute Gasteiger partial charge is 0.290 e. The third-order valence-electron chi connectivity index (χ3n) is 3.70. The minimum absolute atomic E-state index is 0.0294. The van der Waals surface area contributed by atoms with Crippen LogP contribution in [0.2, 0.25) is 0 Å². The molecule has 3 N–H and O–H groups in total. The molecule has 1 aromatic heterocycles. The van der Waals surface area contributed by atoms with Crippen LogP contribution in [0.4, 0.5) is 0 Å². The van der Waals surface area contributed by atoms with Crippen molar-refractivity contribution in [1.82, 2.24) is 10.2 Å². The number of para-hydroxylation sites is 1. The molecule has 3 rings (SSSR count). The summed E-state index contributed by atoms with van der Waals surface area (Å²) in [6.45, 7) is 1.40. The monoisotopic (exact) mass is 287 g/mol. The predicted molar refractivity (Wildman–Crippen MR) is 77.7 cm³/mol. The topological polar surface area (TPSA) is 88.6 Å². The van der Waals surface area contributed by atoms with Crippen LogP contribution in [0.1, 0.15) is 17.0 Å². The van der Waals surface area contributed by atoms with E-state index < -0.39 is 5.91 Å². The number of primary amides is 1. The van der Waals surface area contributed by atoms with Crippen molar-refractivity contribution in [3.63, 3.8) is 0 Å². The first-order chi connectivity index (χ1) is 10.1. The molecule has 6 nitrogen and oxygen atoms in total. The van der Waals surface area contributed by atoms with Gasteiger partial charge in [0.2, 0.25) is 5.91 Å². The Kier molecular flexibility index (Phi) is 3.62. The number of hydrogen-bond donors (Lipinski definition) is 2. The molecule has 1 atom stereocenters. The molecule has 21 heavy (non-hydrogen) atoms. The van der Waals surface area contributed by atoms with Gasteiger partial charge in [0.15, 0.2) is 5.76 Å². The van der Waals surface area contributed by atoms with Gasteiger partial charge in [-0.3, -0.25) is 9.59 Å². The van der Waals surface area contributed by atoms with E-state index in [0.29, 0.717) is 12.1 Å². The van der Waals surface area contributed by atoms with E-state index in [-0.39, 0.29) is 24.3 Å². The maximum absolute atomic E-state index is 12.6. The number of amides is 2. The normalized spacial score (nSPS) is 18.0. The molecule has 2 amide bonds. The van der Waals surface area contributed by atoms with Crippen LogP contribution in [-0.4, -0.2) is 42.4 Å². The van der Waals surface area contributed by atoms with E-state index in [1.807, 2.05) is 24.3 Å². The molecule has 1 aromatic carbocycles. The Bertz CT molecular complexity index is 641. The SMILES string of the molecule is NC(=O)CN(C(=O)c1cc2ccccc2o1)C1CCNC1. The number of furan rings is 1. The van der Waals surface area contributed by atoms with Gasteiger partial charge in [-0.2, -0.15) is 0 Å². The maximum Gasteiger partial charge on any atom is 0.290 e. The predicted octanol–water partition coefficient (Wildman–Crippen LogP) is 0.722. The summed E-state index contributed by atoms with van der Waals surface area (Å²) < 4.78 is 5.59. The number of carbonyl (C=O) groups is 2. The highest BCUT2D eigenvalue weighted by atomic mass is 16.3. The summed E-state index contributed by atoms with van der Waals surface area (Å²) in [6.07, 6.45) is 0.805. The second kappa shape index (κ2) is 5.57. The van der Waals surface area contributed by atoms with Gasteiger partial charge in [-0.05, 0) is 25.1 Å². The van der Waals surface area contributed by atoms with Crippen molar-refractivity contribution < 1.29 is 14.0 Å². The van der Waals surface area contributed by atoms with Crippen LogP contribution in [0.25, 0.3) is 11.0 Å². The van der Waals surface area contributed by atoms with Crippen molar-refractivity contribution in [1.29, 1.82) is 0 Å². The maximum atomic E-state index is 12.6. The fraction of sp³-hybridized carbons (Fsp3) is 0.333. The molecule has 1 aliphatic heterocycles. The third-order valence-corrected chi connectivity index (χ3v) is 3.70. The lowest BCUT2D eigenvalue weighted by molar-refractivity contribution is -0.119. The van der Waals surface area contributed by atoms with Crippen molar-refractivity contribution in [2.45, 2.75) is 12.5 Å². The summed E-state index contributed by atoms with van der Waals surface area (Å²) in [5.74, 6) is -0.575. The summed E-state index contributed by atoms with van der Waals surface area (Å²) in [6, 6.07) is 9.09. The van der Waals surface area contributed by atoms with E-state index >= 15 is 0 Å². The molecule has 0 radical (unpaired) electrons. The molecule has 1 unspecified atom stereocenters. The van der Waals surface area contributed by atoms with Gasteiger partial charge < -0.3 is 20.4 Å². The first-order valence-electron chi connectivity index (χ1n) is 6.94. The van der Waals surface area contributed by atoms with Gasteiger partial charge in [0, 0.05) is 18.0 Å². The number of fused-ring (bicyclic) bond motifs is 1. The van der Waals surface area contributed by atoms with E-state index in [4.69, 9.17) is 10.2 Å². The van der Waals surface area contributed by atoms with Crippen molar-refractivity contribution in [3.8, 4) is 0 Å². The molecule has 0 saturated carbocycles. The zero-order valence-corrected chi connectivity index (χ0v) is 11.5. The molecular weight excluding hydrogens is 270 g/mol. The largest absolute Gasteiger partial charge is 0.451 e. The van der Waals surface area contributed by atoms with Crippen LogP contribution in [0.3, 0.4) is 0 Å². The van der Waals surface area contributed by atoms with Gasteiger partial charge in [-0.15, -0.1) is 0 Å². The van der Waals surface area contributed by atoms with Crippen LogP contribution in [0.15, 0.2) is 34.7 Å². The number of carbonyl (C=O) groups excluding carboxylic acids is 2. The lowest BCUT2D eigenvalue weighted by Gasteiger charge is -2.26. The Labute approximate surface area is 121 Å². The van der Waals surface area contributed by atoms with Gasteiger partial charge in [-0.25, -0.2) is 0 Å². The standard InChI is InChI=1S/C15H17N3O3/c16-14(19)9-18(11-5-6-17-8-11)15(20)13-7-10-3-1-2-4-12(10)21-13/h1-4,7,11,17H,5-6,8-9H2,(H2,16,19). The summed E-state index contributed by atoms with van der Waals surface area (Å²) >= 11 is 0. The molecule has 6 heteroatoms. The van der Waals surface area contributed by atoms with Crippen molar-refractivity contribution in [2.24, 2.45) is 5.73 Å². The van der Waals surface area contributed by atoms with Gasteiger partial charge >= 0.3 is 0 Å². The number of nitrogens with one attached hydrogen (secondary N) is 1.